The Kier molecular flexibility index (Phi) is 5.72. The largest absolute Gasteiger partial charge is 0.485 e. The number of halogens is 1. The number of ether oxygens (including phenoxy) is 1. The van der Waals surface area contributed by atoms with Crippen molar-refractivity contribution in [3.05, 3.63) is 42.0 Å². The van der Waals surface area contributed by atoms with Gasteiger partial charge >= 0.3 is 0 Å². The summed E-state index contributed by atoms with van der Waals surface area (Å²) in [4.78, 5) is 4.30. The first-order chi connectivity index (χ1) is 8.31. The lowest BCUT2D eigenvalue weighted by Gasteiger charge is -2.12. The summed E-state index contributed by atoms with van der Waals surface area (Å²) in [5.74, 6) is 1.87. The number of amidine groups is 1. The van der Waals surface area contributed by atoms with Crippen LogP contribution in [0.1, 0.15) is 11.1 Å². The number of rotatable bonds is 5. The van der Waals surface area contributed by atoms with Gasteiger partial charge in [0.15, 0.2) is 0 Å². The van der Waals surface area contributed by atoms with Crippen molar-refractivity contribution >= 4 is 18.2 Å². The molecule has 1 heterocycles. The molecule has 0 bridgehead atoms. The first kappa shape index (κ1) is 14.6. The summed E-state index contributed by atoms with van der Waals surface area (Å²) in [7, 11) is 0. The smallest absolute Gasteiger partial charge is 0.145 e. The number of nitrogens with zero attached hydrogens (tertiary/aromatic N) is 1. The monoisotopic (exact) mass is 266 g/mol. The molecule has 3 nitrogen and oxygen atoms in total. The lowest BCUT2D eigenvalue weighted by Crippen LogP contribution is -2.25. The van der Waals surface area contributed by atoms with E-state index in [9.17, 15) is 0 Å². The van der Waals surface area contributed by atoms with Gasteiger partial charge in [-0.3, -0.25) is 4.99 Å². The van der Waals surface area contributed by atoms with E-state index in [1.807, 2.05) is 18.2 Å². The van der Waals surface area contributed by atoms with Gasteiger partial charge in [0.1, 0.15) is 18.2 Å². The van der Waals surface area contributed by atoms with Gasteiger partial charge in [-0.15, -0.1) is 19.0 Å². The molecular formula is C14H19ClN2O. The molecule has 98 valence electrons. The molecule has 0 aromatic heterocycles. The maximum atomic E-state index is 5.78. The van der Waals surface area contributed by atoms with Gasteiger partial charge < -0.3 is 10.1 Å². The van der Waals surface area contributed by atoms with Gasteiger partial charge in [0.25, 0.3) is 0 Å². The zero-order valence-corrected chi connectivity index (χ0v) is 11.4. The summed E-state index contributed by atoms with van der Waals surface area (Å²) in [6, 6.07) is 6.12. The van der Waals surface area contributed by atoms with Crippen LogP contribution in [0.15, 0.2) is 35.8 Å². The Morgan fingerprint density at radius 3 is 3.00 bits per heavy atom. The highest BCUT2D eigenvalue weighted by Crippen LogP contribution is 2.21. The maximum absolute atomic E-state index is 5.78. The van der Waals surface area contributed by atoms with Crippen LogP contribution in [0.4, 0.5) is 0 Å². The summed E-state index contributed by atoms with van der Waals surface area (Å²) >= 11 is 0. The predicted octanol–water partition coefficient (Wildman–Crippen LogP) is 2.53. The van der Waals surface area contributed by atoms with Crippen molar-refractivity contribution in [2.24, 2.45) is 4.99 Å². The minimum absolute atomic E-state index is 0. The molecule has 0 saturated heterocycles. The summed E-state index contributed by atoms with van der Waals surface area (Å²) < 4.78 is 5.78. The van der Waals surface area contributed by atoms with Crippen LogP contribution in [0.2, 0.25) is 0 Å². The average molecular weight is 267 g/mol. The van der Waals surface area contributed by atoms with Gasteiger partial charge in [-0.2, -0.15) is 0 Å². The normalized spacial score (nSPS) is 13.3. The fourth-order valence-electron chi connectivity index (χ4n) is 1.88. The molecule has 0 amide bonds. The van der Waals surface area contributed by atoms with Gasteiger partial charge in [-0.05, 0) is 30.5 Å². The highest BCUT2D eigenvalue weighted by atomic mass is 35.5. The van der Waals surface area contributed by atoms with Crippen molar-refractivity contribution in [2.75, 3.05) is 19.7 Å². The van der Waals surface area contributed by atoms with Gasteiger partial charge in [0.2, 0.25) is 0 Å². The van der Waals surface area contributed by atoms with E-state index in [1.165, 1.54) is 11.1 Å². The number of aliphatic imine (C=N–C) groups is 1. The molecule has 1 N–H and O–H groups in total. The van der Waals surface area contributed by atoms with Gasteiger partial charge in [0.05, 0.1) is 6.54 Å². The molecule has 0 radical (unpaired) electrons. The topological polar surface area (TPSA) is 33.6 Å². The van der Waals surface area contributed by atoms with Crippen molar-refractivity contribution in [3.8, 4) is 5.75 Å². The van der Waals surface area contributed by atoms with E-state index < -0.39 is 0 Å². The molecule has 0 unspecified atom stereocenters. The molecule has 1 aliphatic heterocycles. The minimum Gasteiger partial charge on any atom is -0.485 e. The van der Waals surface area contributed by atoms with E-state index >= 15 is 0 Å². The molecule has 4 heteroatoms. The van der Waals surface area contributed by atoms with Crippen molar-refractivity contribution in [2.45, 2.75) is 13.3 Å². The third-order valence-electron chi connectivity index (χ3n) is 2.87. The second-order valence-corrected chi connectivity index (χ2v) is 4.08. The standard InChI is InChI=1S/C14H18N2O.ClH/c1-3-5-12-6-4-7-13(11(12)2)17-10-14-15-8-9-16-14;/h3-4,6-7H,1,5,8-10H2,2H3,(H,15,16);1H. The molecule has 18 heavy (non-hydrogen) atoms. The van der Waals surface area contributed by atoms with E-state index in [0.717, 1.165) is 31.1 Å². The Balaban J connectivity index is 0.00000162. The number of allylic oxidation sites excluding steroid dienone is 1. The third kappa shape index (κ3) is 3.50. The van der Waals surface area contributed by atoms with E-state index in [2.05, 4.69) is 29.9 Å². The highest BCUT2D eigenvalue weighted by molar-refractivity contribution is 5.85. The molecule has 1 aromatic rings. The highest BCUT2D eigenvalue weighted by Gasteiger charge is 2.08. The summed E-state index contributed by atoms with van der Waals surface area (Å²) in [6.45, 7) is 8.15. The van der Waals surface area contributed by atoms with E-state index in [1.54, 1.807) is 0 Å². The first-order valence-corrected chi connectivity index (χ1v) is 5.90. The van der Waals surface area contributed by atoms with Crippen molar-refractivity contribution in [1.29, 1.82) is 0 Å². The van der Waals surface area contributed by atoms with Crippen LogP contribution in [0, 0.1) is 6.92 Å². The van der Waals surface area contributed by atoms with Crippen LogP contribution in [0.3, 0.4) is 0 Å². The van der Waals surface area contributed by atoms with E-state index in [4.69, 9.17) is 4.74 Å². The van der Waals surface area contributed by atoms with E-state index in [-0.39, 0.29) is 12.4 Å². The fourth-order valence-corrected chi connectivity index (χ4v) is 1.88. The van der Waals surface area contributed by atoms with Crippen LogP contribution < -0.4 is 10.1 Å². The molecule has 0 saturated carbocycles. The molecule has 0 atom stereocenters. The zero-order chi connectivity index (χ0) is 12.1. The number of hydrogen-bond acceptors (Lipinski definition) is 3. The minimum atomic E-state index is 0. The van der Waals surface area contributed by atoms with Gasteiger partial charge in [-0.1, -0.05) is 18.2 Å². The molecular weight excluding hydrogens is 248 g/mol. The Morgan fingerprint density at radius 2 is 2.33 bits per heavy atom. The van der Waals surface area contributed by atoms with Crippen LogP contribution in [-0.2, 0) is 6.42 Å². The Hall–Kier alpha value is -1.48. The Labute approximate surface area is 114 Å². The summed E-state index contributed by atoms with van der Waals surface area (Å²) in [6.07, 6.45) is 2.79. The predicted molar refractivity (Wildman–Crippen MR) is 78.1 cm³/mol. The summed E-state index contributed by atoms with van der Waals surface area (Å²) in [5.41, 5.74) is 2.45. The zero-order valence-electron chi connectivity index (χ0n) is 10.6. The first-order valence-electron chi connectivity index (χ1n) is 5.90. The SMILES string of the molecule is C=CCc1cccc(OCC2=NCCN2)c1C.Cl. The molecule has 0 aliphatic carbocycles. The fraction of sp³-hybridized carbons (Fsp3) is 0.357. The summed E-state index contributed by atoms with van der Waals surface area (Å²) in [5, 5.41) is 3.19. The van der Waals surface area contributed by atoms with Gasteiger partial charge in [0, 0.05) is 6.54 Å². The Bertz CT molecular complexity index is 443. The third-order valence-corrected chi connectivity index (χ3v) is 2.87. The quantitative estimate of drug-likeness (QED) is 0.831. The molecule has 1 aromatic carbocycles. The lowest BCUT2D eigenvalue weighted by atomic mass is 10.1. The second kappa shape index (κ2) is 7.07. The van der Waals surface area contributed by atoms with Crippen molar-refractivity contribution in [1.82, 2.24) is 5.32 Å². The van der Waals surface area contributed by atoms with Crippen LogP contribution in [-0.4, -0.2) is 25.5 Å². The van der Waals surface area contributed by atoms with Crippen molar-refractivity contribution < 1.29 is 4.74 Å². The number of hydrogen-bond donors (Lipinski definition) is 1. The second-order valence-electron chi connectivity index (χ2n) is 4.08. The molecule has 0 spiro atoms. The van der Waals surface area contributed by atoms with Gasteiger partial charge in [-0.25, -0.2) is 0 Å². The number of nitrogens with one attached hydrogen (secondary N) is 1. The average Bonchev–Trinajstić information content (AvgIpc) is 2.83. The van der Waals surface area contributed by atoms with Crippen LogP contribution in [0.5, 0.6) is 5.75 Å². The maximum Gasteiger partial charge on any atom is 0.145 e. The molecule has 2 rings (SSSR count). The molecule has 1 aliphatic rings. The number of benzene rings is 1. The van der Waals surface area contributed by atoms with E-state index in [0.29, 0.717) is 6.61 Å². The molecule has 0 fully saturated rings. The lowest BCUT2D eigenvalue weighted by molar-refractivity contribution is 0.370. The van der Waals surface area contributed by atoms with Crippen molar-refractivity contribution in [3.63, 3.8) is 0 Å². The Morgan fingerprint density at radius 1 is 1.50 bits per heavy atom. The van der Waals surface area contributed by atoms with Crippen LogP contribution in [0.25, 0.3) is 0 Å². The van der Waals surface area contributed by atoms with Crippen LogP contribution >= 0.6 is 12.4 Å².